The van der Waals surface area contributed by atoms with Crippen LogP contribution in [0.4, 0.5) is 5.69 Å². The number of benzene rings is 3. The summed E-state index contributed by atoms with van der Waals surface area (Å²) >= 11 is 3.45. The Morgan fingerprint density at radius 1 is 0.929 bits per heavy atom. The minimum absolute atomic E-state index is 0.113. The van der Waals surface area contributed by atoms with Gasteiger partial charge in [-0.05, 0) is 43.3 Å². The fraction of sp³-hybridized carbons (Fsp3) is 0.0455. The van der Waals surface area contributed by atoms with Gasteiger partial charge in [-0.2, -0.15) is 0 Å². The third-order valence-electron chi connectivity index (χ3n) is 4.22. The van der Waals surface area contributed by atoms with E-state index in [9.17, 15) is 4.79 Å². The van der Waals surface area contributed by atoms with Crippen LogP contribution < -0.4 is 5.32 Å². The molecule has 3 aromatic carbocycles. The molecular weight excluding hydrogens is 416 g/mol. The van der Waals surface area contributed by atoms with E-state index < -0.39 is 0 Å². The number of carbonyl (C=O) groups is 1. The molecule has 5 nitrogen and oxygen atoms in total. The zero-order valence-electron chi connectivity index (χ0n) is 15.1. The monoisotopic (exact) mass is 432 g/mol. The summed E-state index contributed by atoms with van der Waals surface area (Å²) in [4.78, 5) is 17.2. The van der Waals surface area contributed by atoms with Gasteiger partial charge in [0.05, 0.1) is 5.69 Å². The molecule has 0 bridgehead atoms. The van der Waals surface area contributed by atoms with E-state index in [1.54, 1.807) is 4.68 Å². The number of halogens is 1. The van der Waals surface area contributed by atoms with Crippen molar-refractivity contribution in [3.05, 3.63) is 94.7 Å². The SMILES string of the molecule is Cc1ccc(-c2nc(C(=O)Nc3ccccc3)nn2-c2ccc(Br)cc2)cc1. The summed E-state index contributed by atoms with van der Waals surface area (Å²) in [5.74, 6) is 0.373. The fourth-order valence-corrected chi connectivity index (χ4v) is 3.03. The van der Waals surface area contributed by atoms with Crippen LogP contribution in [0.2, 0.25) is 0 Å². The molecule has 0 atom stereocenters. The molecule has 6 heteroatoms. The Bertz CT molecular complexity index is 1040. The summed E-state index contributed by atoms with van der Waals surface area (Å²) in [6.45, 7) is 2.03. The lowest BCUT2D eigenvalue weighted by Gasteiger charge is -2.06. The van der Waals surface area contributed by atoms with Crippen LogP contribution >= 0.6 is 15.9 Å². The Morgan fingerprint density at radius 3 is 2.29 bits per heavy atom. The number of aromatic nitrogens is 3. The number of aryl methyl sites for hydroxylation is 1. The lowest BCUT2D eigenvalue weighted by molar-refractivity contribution is 0.101. The maximum Gasteiger partial charge on any atom is 0.295 e. The van der Waals surface area contributed by atoms with E-state index in [-0.39, 0.29) is 11.7 Å². The normalized spacial score (nSPS) is 10.6. The molecule has 4 aromatic rings. The Hall–Kier alpha value is -3.25. The number of anilines is 1. The number of para-hydroxylation sites is 1. The second kappa shape index (κ2) is 7.78. The molecule has 1 N–H and O–H groups in total. The summed E-state index contributed by atoms with van der Waals surface area (Å²) in [6, 6.07) is 25.0. The molecule has 0 aliphatic heterocycles. The van der Waals surface area contributed by atoms with Crippen molar-refractivity contribution in [3.63, 3.8) is 0 Å². The zero-order valence-corrected chi connectivity index (χ0v) is 16.7. The van der Waals surface area contributed by atoms with E-state index in [1.807, 2.05) is 85.8 Å². The Labute approximate surface area is 171 Å². The predicted molar refractivity (Wildman–Crippen MR) is 114 cm³/mol. The minimum Gasteiger partial charge on any atom is -0.319 e. The van der Waals surface area contributed by atoms with Gasteiger partial charge in [-0.25, -0.2) is 9.67 Å². The maximum absolute atomic E-state index is 12.7. The quantitative estimate of drug-likeness (QED) is 0.478. The molecule has 0 radical (unpaired) electrons. The van der Waals surface area contributed by atoms with Crippen molar-refractivity contribution in [2.24, 2.45) is 0 Å². The summed E-state index contributed by atoms with van der Waals surface area (Å²) in [5.41, 5.74) is 3.56. The summed E-state index contributed by atoms with van der Waals surface area (Å²) in [6.07, 6.45) is 0. The van der Waals surface area contributed by atoms with Gasteiger partial charge in [0.15, 0.2) is 5.82 Å². The van der Waals surface area contributed by atoms with E-state index in [4.69, 9.17) is 0 Å². The van der Waals surface area contributed by atoms with Crippen LogP contribution in [-0.4, -0.2) is 20.7 Å². The highest BCUT2D eigenvalue weighted by Gasteiger charge is 2.19. The topological polar surface area (TPSA) is 59.8 Å². The van der Waals surface area contributed by atoms with E-state index in [0.29, 0.717) is 11.5 Å². The zero-order chi connectivity index (χ0) is 19.5. The first-order valence-corrected chi connectivity index (χ1v) is 9.56. The van der Waals surface area contributed by atoms with E-state index in [1.165, 1.54) is 0 Å². The van der Waals surface area contributed by atoms with Crippen LogP contribution in [0, 0.1) is 6.92 Å². The van der Waals surface area contributed by atoms with Crippen LogP contribution in [0.15, 0.2) is 83.3 Å². The first kappa shape index (κ1) is 18.1. The second-order valence-corrected chi connectivity index (χ2v) is 7.25. The first-order chi connectivity index (χ1) is 13.6. The Morgan fingerprint density at radius 2 is 1.61 bits per heavy atom. The molecular formula is C22H17BrN4O. The van der Waals surface area contributed by atoms with Crippen molar-refractivity contribution in [1.29, 1.82) is 0 Å². The number of hydrogen-bond acceptors (Lipinski definition) is 3. The molecule has 4 rings (SSSR count). The van der Waals surface area contributed by atoms with Gasteiger partial charge in [-0.15, -0.1) is 5.10 Å². The molecule has 0 saturated carbocycles. The molecule has 1 heterocycles. The molecule has 0 aliphatic rings. The van der Waals surface area contributed by atoms with Crippen LogP contribution in [0.1, 0.15) is 16.2 Å². The van der Waals surface area contributed by atoms with Gasteiger partial charge < -0.3 is 5.32 Å². The number of nitrogens with one attached hydrogen (secondary N) is 1. The van der Waals surface area contributed by atoms with Crippen molar-refractivity contribution >= 4 is 27.5 Å². The minimum atomic E-state index is -0.351. The smallest absolute Gasteiger partial charge is 0.295 e. The number of amides is 1. The van der Waals surface area contributed by atoms with E-state index >= 15 is 0 Å². The highest BCUT2D eigenvalue weighted by atomic mass is 79.9. The van der Waals surface area contributed by atoms with E-state index in [2.05, 4.69) is 31.3 Å². The fourth-order valence-electron chi connectivity index (χ4n) is 2.77. The third kappa shape index (κ3) is 3.87. The van der Waals surface area contributed by atoms with Crippen molar-refractivity contribution in [1.82, 2.24) is 14.8 Å². The standard InChI is InChI=1S/C22H17BrN4O/c1-15-7-9-16(10-8-15)21-25-20(22(28)24-18-5-3-2-4-6-18)26-27(21)19-13-11-17(23)12-14-19/h2-14H,1H3,(H,24,28). The van der Waals surface area contributed by atoms with E-state index in [0.717, 1.165) is 21.3 Å². The molecule has 0 saturated heterocycles. The van der Waals surface area contributed by atoms with Gasteiger partial charge >= 0.3 is 0 Å². The highest BCUT2D eigenvalue weighted by Crippen LogP contribution is 2.23. The maximum atomic E-state index is 12.7. The average molecular weight is 433 g/mol. The molecule has 0 unspecified atom stereocenters. The molecule has 0 aliphatic carbocycles. The van der Waals surface area contributed by atoms with Gasteiger partial charge in [0.2, 0.25) is 5.82 Å². The molecule has 1 aromatic heterocycles. The first-order valence-electron chi connectivity index (χ1n) is 8.76. The van der Waals surface area contributed by atoms with Gasteiger partial charge in [0.1, 0.15) is 0 Å². The largest absolute Gasteiger partial charge is 0.319 e. The molecule has 28 heavy (non-hydrogen) atoms. The molecule has 0 fully saturated rings. The van der Waals surface area contributed by atoms with Crippen molar-refractivity contribution in [2.75, 3.05) is 5.32 Å². The van der Waals surface area contributed by atoms with Crippen LogP contribution in [0.25, 0.3) is 17.1 Å². The Kier molecular flexibility index (Phi) is 5.04. The number of rotatable bonds is 4. The molecule has 0 spiro atoms. The predicted octanol–water partition coefficient (Wildman–Crippen LogP) is 5.26. The lowest BCUT2D eigenvalue weighted by Crippen LogP contribution is -2.14. The van der Waals surface area contributed by atoms with Gasteiger partial charge in [-0.3, -0.25) is 4.79 Å². The third-order valence-corrected chi connectivity index (χ3v) is 4.75. The lowest BCUT2D eigenvalue weighted by atomic mass is 10.1. The van der Waals surface area contributed by atoms with Gasteiger partial charge in [0.25, 0.3) is 5.91 Å². The van der Waals surface area contributed by atoms with Crippen LogP contribution in [-0.2, 0) is 0 Å². The number of hydrogen-bond donors (Lipinski definition) is 1. The van der Waals surface area contributed by atoms with Gasteiger partial charge in [0, 0.05) is 15.7 Å². The van der Waals surface area contributed by atoms with Crippen molar-refractivity contribution in [3.8, 4) is 17.1 Å². The second-order valence-electron chi connectivity index (χ2n) is 6.33. The van der Waals surface area contributed by atoms with Crippen molar-refractivity contribution < 1.29 is 4.79 Å². The highest BCUT2D eigenvalue weighted by molar-refractivity contribution is 9.10. The van der Waals surface area contributed by atoms with Crippen LogP contribution in [0.3, 0.4) is 0 Å². The number of carbonyl (C=O) groups excluding carboxylic acids is 1. The number of nitrogens with zero attached hydrogens (tertiary/aromatic N) is 3. The molecule has 138 valence electrons. The van der Waals surface area contributed by atoms with Gasteiger partial charge in [-0.1, -0.05) is 64.0 Å². The summed E-state index contributed by atoms with van der Waals surface area (Å²) in [5, 5.41) is 7.32. The average Bonchev–Trinajstić information content (AvgIpc) is 3.15. The van der Waals surface area contributed by atoms with Crippen LogP contribution in [0.5, 0.6) is 0 Å². The molecule has 1 amide bonds. The summed E-state index contributed by atoms with van der Waals surface area (Å²) < 4.78 is 2.66. The van der Waals surface area contributed by atoms with Crippen molar-refractivity contribution in [2.45, 2.75) is 6.92 Å². The summed E-state index contributed by atoms with van der Waals surface area (Å²) in [7, 11) is 0. The Balaban J connectivity index is 1.76.